The van der Waals surface area contributed by atoms with E-state index in [2.05, 4.69) is 23.2 Å². The Balaban J connectivity index is 0.00000187. The maximum Gasteiger partial charge on any atom is 0.389 e. The lowest BCUT2D eigenvalue weighted by Gasteiger charge is -2.24. The Labute approximate surface area is 272 Å². The molecule has 3 rings (SSSR count). The number of benzodiazepines with no additional fused rings is 1. The van der Waals surface area contributed by atoms with Crippen molar-refractivity contribution >= 4 is 29.2 Å². The van der Waals surface area contributed by atoms with Crippen molar-refractivity contribution in [2.24, 2.45) is 10.9 Å². The van der Waals surface area contributed by atoms with Crippen LogP contribution >= 0.6 is 0 Å². The number of carbonyl (C=O) groups excluding carboxylic acids is 3. The Hall–Kier alpha value is -4.34. The minimum absolute atomic E-state index is 0.443. The van der Waals surface area contributed by atoms with E-state index < -0.39 is 73.5 Å². The first-order valence-corrected chi connectivity index (χ1v) is 14.8. The minimum Gasteiger partial charge on any atom is -0.460 e. The second-order valence-electron chi connectivity index (χ2n) is 10.8. The molecule has 260 valence electrons. The molecule has 47 heavy (non-hydrogen) atoms. The third kappa shape index (κ3) is 15.7. The molecule has 2 aromatic rings. The molecule has 0 saturated carbocycles. The van der Waals surface area contributed by atoms with Crippen LogP contribution in [0.15, 0.2) is 59.6 Å². The molecule has 0 unspecified atom stereocenters. The standard InChI is InChI=1S/C27H30F3N3O4.C3H5F3.C2H6.C2H2/c1-26(2,3)37-21(34)16-18(14-15-27(28,29)30)24(35)32-23-25(36)33(4)20-13-9-8-12-19(20)22(31-23)17-10-6-5-7-11-17;1-2-3(4,5)6;2*1-2/h5-13,18,23H,14-16H2,1-4H3,(H,32,35);2H2,1H3;1-2H3;1-2H/t18-,23-;;;/m1.../s1. The van der Waals surface area contributed by atoms with Gasteiger partial charge in [-0.2, -0.15) is 26.3 Å². The number of terminal acetylenes is 1. The fourth-order valence-corrected chi connectivity index (χ4v) is 3.94. The van der Waals surface area contributed by atoms with E-state index in [1.807, 2.05) is 19.9 Å². The van der Waals surface area contributed by atoms with Crippen LogP contribution < -0.4 is 10.2 Å². The van der Waals surface area contributed by atoms with Gasteiger partial charge >= 0.3 is 18.3 Å². The number of rotatable bonds is 7. The molecule has 2 aromatic carbocycles. The van der Waals surface area contributed by atoms with Gasteiger partial charge in [-0.1, -0.05) is 69.3 Å². The number of nitrogens with zero attached hydrogens (tertiary/aromatic N) is 2. The highest BCUT2D eigenvalue weighted by molar-refractivity contribution is 6.20. The molecule has 0 radical (unpaired) electrons. The van der Waals surface area contributed by atoms with Crippen LogP contribution in [0.4, 0.5) is 32.0 Å². The number of anilines is 1. The Morgan fingerprint density at radius 1 is 0.936 bits per heavy atom. The zero-order valence-corrected chi connectivity index (χ0v) is 27.6. The van der Waals surface area contributed by atoms with Crippen molar-refractivity contribution in [2.75, 3.05) is 11.9 Å². The van der Waals surface area contributed by atoms with Crippen LogP contribution in [-0.2, 0) is 19.1 Å². The number of ether oxygens (including phenoxy) is 1. The zero-order chi connectivity index (χ0) is 36.6. The topological polar surface area (TPSA) is 88.1 Å². The zero-order valence-electron chi connectivity index (χ0n) is 27.6. The largest absolute Gasteiger partial charge is 0.460 e. The van der Waals surface area contributed by atoms with E-state index in [1.165, 1.54) is 11.9 Å². The van der Waals surface area contributed by atoms with E-state index in [0.29, 0.717) is 22.5 Å². The van der Waals surface area contributed by atoms with E-state index in [1.54, 1.807) is 69.3 Å². The number of nitrogens with one attached hydrogen (secondary N) is 1. The molecule has 0 aromatic heterocycles. The first kappa shape index (κ1) is 42.7. The number of benzene rings is 2. The van der Waals surface area contributed by atoms with Crippen LogP contribution in [0.1, 0.15) is 78.4 Å². The molecule has 0 fully saturated rings. The number of para-hydroxylation sites is 1. The molecule has 7 nitrogen and oxygen atoms in total. The van der Waals surface area contributed by atoms with E-state index in [0.717, 1.165) is 6.92 Å². The number of aliphatic imine (C=N–C) groups is 1. The van der Waals surface area contributed by atoms with E-state index in [-0.39, 0.29) is 0 Å². The molecule has 0 aliphatic carbocycles. The van der Waals surface area contributed by atoms with Gasteiger partial charge in [-0.15, -0.1) is 12.8 Å². The Bertz CT molecular complexity index is 1330. The number of fused-ring (bicyclic) bond motifs is 1. The fraction of sp³-hybridized carbons (Fsp3) is 0.471. The summed E-state index contributed by atoms with van der Waals surface area (Å²) in [5.41, 5.74) is 1.48. The molecule has 1 heterocycles. The Morgan fingerprint density at radius 3 is 1.94 bits per heavy atom. The van der Waals surface area contributed by atoms with Crippen LogP contribution in [0.2, 0.25) is 0 Å². The van der Waals surface area contributed by atoms with Crippen LogP contribution in [0.25, 0.3) is 0 Å². The highest BCUT2D eigenvalue weighted by Gasteiger charge is 2.36. The summed E-state index contributed by atoms with van der Waals surface area (Å²) in [4.78, 5) is 44.7. The highest BCUT2D eigenvalue weighted by atomic mass is 19.4. The first-order chi connectivity index (χ1) is 21.8. The molecule has 2 atom stereocenters. The molecular weight excluding hydrogens is 628 g/mol. The summed E-state index contributed by atoms with van der Waals surface area (Å²) >= 11 is 0. The predicted octanol–water partition coefficient (Wildman–Crippen LogP) is 7.87. The SMILES string of the molecule is C#C.CC.CCC(F)(F)F.CN1C(=O)[C@@H](NC(=O)[C@H](CCC(F)(F)F)CC(=O)OC(C)(C)C)N=C(c2ccccc2)c2ccccc21. The lowest BCUT2D eigenvalue weighted by atomic mass is 9.97. The van der Waals surface area contributed by atoms with Gasteiger partial charge in [0.25, 0.3) is 5.91 Å². The number of amides is 2. The molecule has 0 saturated heterocycles. The van der Waals surface area contributed by atoms with Gasteiger partial charge in [0.05, 0.1) is 17.8 Å². The lowest BCUT2D eigenvalue weighted by molar-refractivity contribution is -0.159. The third-order valence-electron chi connectivity index (χ3n) is 6.05. The summed E-state index contributed by atoms with van der Waals surface area (Å²) in [6, 6.07) is 16.1. The average Bonchev–Trinajstić information content (AvgIpc) is 3.11. The quantitative estimate of drug-likeness (QED) is 0.184. The number of esters is 1. The minimum atomic E-state index is -4.52. The van der Waals surface area contributed by atoms with Crippen molar-refractivity contribution in [1.82, 2.24) is 5.32 Å². The molecule has 1 N–H and O–H groups in total. The molecule has 1 aliphatic heterocycles. The normalized spacial score (nSPS) is 15.0. The summed E-state index contributed by atoms with van der Waals surface area (Å²) in [7, 11) is 1.53. The number of halogens is 6. The highest BCUT2D eigenvalue weighted by Crippen LogP contribution is 2.29. The van der Waals surface area contributed by atoms with Crippen LogP contribution in [0.3, 0.4) is 0 Å². The van der Waals surface area contributed by atoms with Gasteiger partial charge in [-0.25, -0.2) is 4.99 Å². The summed E-state index contributed by atoms with van der Waals surface area (Å²) in [6.07, 6.45) is -5.09. The number of alkyl halides is 6. The Morgan fingerprint density at radius 2 is 1.45 bits per heavy atom. The maximum atomic E-state index is 13.3. The van der Waals surface area contributed by atoms with Crippen molar-refractivity contribution in [3.05, 3.63) is 65.7 Å². The summed E-state index contributed by atoms with van der Waals surface area (Å²) in [6.45, 7) is 9.94. The molecule has 0 bridgehead atoms. The summed E-state index contributed by atoms with van der Waals surface area (Å²) < 4.78 is 76.5. The number of carbonyl (C=O) groups is 3. The maximum absolute atomic E-state index is 13.3. The average molecular weight is 672 g/mol. The molecule has 1 aliphatic rings. The predicted molar refractivity (Wildman–Crippen MR) is 171 cm³/mol. The fourth-order valence-electron chi connectivity index (χ4n) is 3.94. The summed E-state index contributed by atoms with van der Waals surface area (Å²) in [5.74, 6) is -3.63. The van der Waals surface area contributed by atoms with Gasteiger partial charge in [0.2, 0.25) is 12.1 Å². The van der Waals surface area contributed by atoms with Crippen LogP contribution in [-0.4, -0.2) is 54.7 Å². The number of hydrogen-bond donors (Lipinski definition) is 1. The monoisotopic (exact) mass is 671 g/mol. The van der Waals surface area contributed by atoms with Gasteiger partial charge in [0.1, 0.15) is 5.60 Å². The van der Waals surface area contributed by atoms with Crippen LogP contribution in [0, 0.1) is 18.8 Å². The van der Waals surface area contributed by atoms with Crippen molar-refractivity contribution in [2.45, 2.75) is 91.3 Å². The van der Waals surface area contributed by atoms with Crippen molar-refractivity contribution in [3.63, 3.8) is 0 Å². The lowest BCUT2D eigenvalue weighted by Crippen LogP contribution is -2.48. The molecule has 0 spiro atoms. The van der Waals surface area contributed by atoms with Gasteiger partial charge in [-0.3, -0.25) is 14.4 Å². The van der Waals surface area contributed by atoms with E-state index >= 15 is 0 Å². The van der Waals surface area contributed by atoms with Crippen molar-refractivity contribution in [1.29, 1.82) is 0 Å². The van der Waals surface area contributed by atoms with Crippen molar-refractivity contribution in [3.8, 4) is 12.8 Å². The third-order valence-corrected chi connectivity index (χ3v) is 6.05. The van der Waals surface area contributed by atoms with Crippen LogP contribution in [0.5, 0.6) is 0 Å². The molecule has 13 heteroatoms. The number of likely N-dealkylation sites (N-methyl/N-ethyl adjacent to an activating group) is 1. The molecular formula is C34H43F6N3O4. The van der Waals surface area contributed by atoms with Gasteiger partial charge in [-0.05, 0) is 33.3 Å². The molecule has 2 amide bonds. The van der Waals surface area contributed by atoms with Crippen molar-refractivity contribution < 1.29 is 45.5 Å². The van der Waals surface area contributed by atoms with Gasteiger partial charge < -0.3 is 15.0 Å². The Kier molecular flexibility index (Phi) is 17.6. The van der Waals surface area contributed by atoms with Gasteiger partial charge in [0, 0.05) is 36.9 Å². The second kappa shape index (κ2) is 19.4. The smallest absolute Gasteiger partial charge is 0.389 e. The second-order valence-corrected chi connectivity index (χ2v) is 10.8. The first-order valence-electron chi connectivity index (χ1n) is 14.8. The summed E-state index contributed by atoms with van der Waals surface area (Å²) in [5, 5.41) is 2.49. The van der Waals surface area contributed by atoms with E-state index in [9.17, 15) is 40.7 Å². The van der Waals surface area contributed by atoms with Gasteiger partial charge in [0.15, 0.2) is 0 Å². The van der Waals surface area contributed by atoms with E-state index in [4.69, 9.17) is 4.74 Å². The number of hydrogen-bond acceptors (Lipinski definition) is 5.